The number of hydrogen-bond donors (Lipinski definition) is 1. The number of carbonyl (C=O) groups is 1. The maximum Gasteiger partial charge on any atom is 0.272 e. The van der Waals surface area contributed by atoms with Crippen molar-refractivity contribution in [2.24, 2.45) is 7.05 Å². The Labute approximate surface area is 162 Å². The van der Waals surface area contributed by atoms with E-state index in [0.717, 1.165) is 27.9 Å². The molecular weight excluding hydrogens is 350 g/mol. The van der Waals surface area contributed by atoms with E-state index in [1.165, 1.54) is 0 Å². The Morgan fingerprint density at radius 2 is 1.79 bits per heavy atom. The van der Waals surface area contributed by atoms with Crippen molar-refractivity contribution in [1.29, 1.82) is 0 Å². The molecule has 0 fully saturated rings. The van der Waals surface area contributed by atoms with Gasteiger partial charge >= 0.3 is 0 Å². The second kappa shape index (κ2) is 7.44. The van der Waals surface area contributed by atoms with Crippen molar-refractivity contribution in [3.63, 3.8) is 0 Å². The van der Waals surface area contributed by atoms with Crippen LogP contribution in [0.15, 0.2) is 73.4 Å². The molecule has 1 N–H and O–H groups in total. The van der Waals surface area contributed by atoms with Gasteiger partial charge in [-0.15, -0.1) is 0 Å². The fourth-order valence-electron chi connectivity index (χ4n) is 2.99. The van der Waals surface area contributed by atoms with Crippen molar-refractivity contribution in [1.82, 2.24) is 19.5 Å². The fraction of sp³-hybridized carbons (Fsp3) is 0.0909. The van der Waals surface area contributed by atoms with Crippen LogP contribution in [0, 0.1) is 6.92 Å². The summed E-state index contributed by atoms with van der Waals surface area (Å²) < 4.78 is 1.80. The lowest BCUT2D eigenvalue weighted by Gasteiger charge is -2.06. The lowest BCUT2D eigenvalue weighted by atomic mass is 10.1. The molecule has 6 nitrogen and oxygen atoms in total. The summed E-state index contributed by atoms with van der Waals surface area (Å²) in [5.74, 6) is 0.456. The number of anilines is 1. The average Bonchev–Trinajstić information content (AvgIpc) is 3.11. The number of pyridine rings is 1. The van der Waals surface area contributed by atoms with Crippen LogP contribution in [-0.2, 0) is 7.05 Å². The minimum Gasteiger partial charge on any atom is -0.346 e. The van der Waals surface area contributed by atoms with Gasteiger partial charge in [-0.05, 0) is 42.8 Å². The highest BCUT2D eigenvalue weighted by Crippen LogP contribution is 2.23. The van der Waals surface area contributed by atoms with E-state index < -0.39 is 0 Å². The molecule has 3 aromatic heterocycles. The first-order valence-corrected chi connectivity index (χ1v) is 8.87. The second-order valence-corrected chi connectivity index (χ2v) is 6.59. The Kier molecular flexibility index (Phi) is 4.68. The third kappa shape index (κ3) is 3.66. The van der Waals surface area contributed by atoms with Gasteiger partial charge in [-0.2, -0.15) is 0 Å². The van der Waals surface area contributed by atoms with Crippen LogP contribution >= 0.6 is 0 Å². The van der Waals surface area contributed by atoms with Crippen molar-refractivity contribution in [3.8, 4) is 22.5 Å². The van der Waals surface area contributed by atoms with Crippen LogP contribution < -0.4 is 5.32 Å². The van der Waals surface area contributed by atoms with Gasteiger partial charge < -0.3 is 9.88 Å². The number of rotatable bonds is 4. The van der Waals surface area contributed by atoms with Crippen LogP contribution in [-0.4, -0.2) is 25.4 Å². The first kappa shape index (κ1) is 17.6. The zero-order valence-corrected chi connectivity index (χ0v) is 15.6. The molecule has 1 amide bonds. The van der Waals surface area contributed by atoms with Gasteiger partial charge in [0.15, 0.2) is 5.82 Å². The standard InChI is InChI=1S/C22H19N5O/c1-15-5-3-7-19(9-15)26-22(28)20-10-17(14-27(20)2)18-12-24-21(25-13-18)16-6-4-8-23-11-16/h3-14H,1-2H3,(H,26,28). The van der Waals surface area contributed by atoms with E-state index in [1.54, 1.807) is 29.4 Å². The van der Waals surface area contributed by atoms with Gasteiger partial charge in [0.1, 0.15) is 5.69 Å². The zero-order chi connectivity index (χ0) is 19.5. The number of nitrogens with one attached hydrogen (secondary N) is 1. The lowest BCUT2D eigenvalue weighted by molar-refractivity contribution is 0.101. The molecule has 0 bridgehead atoms. The molecule has 1 aromatic carbocycles. The van der Waals surface area contributed by atoms with Crippen LogP contribution in [0.3, 0.4) is 0 Å². The third-order valence-corrected chi connectivity index (χ3v) is 4.42. The van der Waals surface area contributed by atoms with E-state index >= 15 is 0 Å². The molecule has 0 unspecified atom stereocenters. The van der Waals surface area contributed by atoms with Crippen LogP contribution in [0.25, 0.3) is 22.5 Å². The van der Waals surface area contributed by atoms with Gasteiger partial charge in [-0.3, -0.25) is 9.78 Å². The number of carbonyl (C=O) groups excluding carboxylic acids is 1. The van der Waals surface area contributed by atoms with Crippen molar-refractivity contribution >= 4 is 11.6 Å². The number of hydrogen-bond acceptors (Lipinski definition) is 4. The molecule has 0 radical (unpaired) electrons. The van der Waals surface area contributed by atoms with Crippen LogP contribution in [0.5, 0.6) is 0 Å². The molecule has 0 saturated heterocycles. The van der Waals surface area contributed by atoms with Gasteiger partial charge in [0, 0.05) is 60.4 Å². The predicted octanol–water partition coefficient (Wildman–Crippen LogP) is 4.10. The van der Waals surface area contributed by atoms with Gasteiger partial charge in [0.25, 0.3) is 5.91 Å². The van der Waals surface area contributed by atoms with E-state index in [0.29, 0.717) is 11.5 Å². The van der Waals surface area contributed by atoms with E-state index in [9.17, 15) is 4.79 Å². The summed E-state index contributed by atoms with van der Waals surface area (Å²) in [6.45, 7) is 1.99. The molecule has 0 spiro atoms. The minimum atomic E-state index is -0.160. The molecule has 0 aliphatic carbocycles. The molecule has 3 heterocycles. The summed E-state index contributed by atoms with van der Waals surface area (Å²) in [5.41, 5.74) is 5.02. The van der Waals surface area contributed by atoms with Crippen molar-refractivity contribution in [2.75, 3.05) is 5.32 Å². The lowest BCUT2D eigenvalue weighted by Crippen LogP contribution is -2.15. The first-order valence-electron chi connectivity index (χ1n) is 8.87. The molecule has 6 heteroatoms. The highest BCUT2D eigenvalue weighted by atomic mass is 16.1. The monoisotopic (exact) mass is 369 g/mol. The van der Waals surface area contributed by atoms with Gasteiger partial charge in [-0.1, -0.05) is 12.1 Å². The molecule has 28 heavy (non-hydrogen) atoms. The highest BCUT2D eigenvalue weighted by molar-refractivity contribution is 6.04. The molecule has 0 aliphatic heterocycles. The molecule has 4 rings (SSSR count). The zero-order valence-electron chi connectivity index (χ0n) is 15.6. The first-order chi connectivity index (χ1) is 13.6. The number of amides is 1. The normalized spacial score (nSPS) is 10.6. The molecule has 138 valence electrons. The van der Waals surface area contributed by atoms with E-state index in [4.69, 9.17) is 0 Å². The maximum absolute atomic E-state index is 12.7. The van der Waals surface area contributed by atoms with Crippen molar-refractivity contribution in [3.05, 3.63) is 84.7 Å². The van der Waals surface area contributed by atoms with Gasteiger partial charge in [0.05, 0.1) is 0 Å². The fourth-order valence-corrected chi connectivity index (χ4v) is 2.99. The predicted molar refractivity (Wildman–Crippen MR) is 109 cm³/mol. The Morgan fingerprint density at radius 1 is 0.964 bits per heavy atom. The summed E-state index contributed by atoms with van der Waals surface area (Å²) in [4.78, 5) is 25.6. The molecule has 0 saturated carbocycles. The van der Waals surface area contributed by atoms with Gasteiger partial charge in [0.2, 0.25) is 0 Å². The van der Waals surface area contributed by atoms with Crippen LogP contribution in [0.1, 0.15) is 16.1 Å². The molecule has 0 atom stereocenters. The Bertz CT molecular complexity index is 1120. The topological polar surface area (TPSA) is 72.7 Å². The number of nitrogens with zero attached hydrogens (tertiary/aromatic N) is 4. The number of aromatic nitrogens is 4. The average molecular weight is 369 g/mol. The second-order valence-electron chi connectivity index (χ2n) is 6.59. The van der Waals surface area contributed by atoms with Crippen LogP contribution in [0.2, 0.25) is 0 Å². The van der Waals surface area contributed by atoms with E-state index in [-0.39, 0.29) is 5.91 Å². The summed E-state index contributed by atoms with van der Waals surface area (Å²) in [5, 5.41) is 2.94. The summed E-state index contributed by atoms with van der Waals surface area (Å²) in [6.07, 6.45) is 8.85. The minimum absolute atomic E-state index is 0.160. The Hall–Kier alpha value is -3.80. The van der Waals surface area contributed by atoms with E-state index in [2.05, 4.69) is 20.3 Å². The quantitative estimate of drug-likeness (QED) is 0.588. The van der Waals surface area contributed by atoms with Crippen LogP contribution in [0.4, 0.5) is 5.69 Å². The summed E-state index contributed by atoms with van der Waals surface area (Å²) in [7, 11) is 1.85. The molecule has 4 aromatic rings. The highest BCUT2D eigenvalue weighted by Gasteiger charge is 2.14. The van der Waals surface area contributed by atoms with Crippen molar-refractivity contribution < 1.29 is 4.79 Å². The maximum atomic E-state index is 12.7. The Balaban J connectivity index is 1.56. The van der Waals surface area contributed by atoms with Crippen molar-refractivity contribution in [2.45, 2.75) is 6.92 Å². The number of benzene rings is 1. The SMILES string of the molecule is Cc1cccc(NC(=O)c2cc(-c3cnc(-c4cccnc4)nc3)cn2C)c1. The third-order valence-electron chi connectivity index (χ3n) is 4.42. The largest absolute Gasteiger partial charge is 0.346 e. The van der Waals surface area contributed by atoms with Gasteiger partial charge in [-0.25, -0.2) is 9.97 Å². The van der Waals surface area contributed by atoms with E-state index in [1.807, 2.05) is 62.6 Å². The molecule has 0 aliphatic rings. The number of aryl methyl sites for hydroxylation is 2. The summed E-state index contributed by atoms with van der Waals surface area (Å²) in [6, 6.07) is 13.3. The summed E-state index contributed by atoms with van der Waals surface area (Å²) >= 11 is 0. The molecular formula is C22H19N5O. The smallest absolute Gasteiger partial charge is 0.272 e. The Morgan fingerprint density at radius 3 is 2.50 bits per heavy atom.